The molecule has 2 heteroatoms. The van der Waals surface area contributed by atoms with Gasteiger partial charge in [-0.25, -0.2) is 0 Å². The van der Waals surface area contributed by atoms with Crippen molar-refractivity contribution >= 4 is 0 Å². The lowest BCUT2D eigenvalue weighted by molar-refractivity contribution is 0.238. The maximum absolute atomic E-state index is 5.76. The Bertz CT molecular complexity index is 385. The zero-order valence-electron chi connectivity index (χ0n) is 12.7. The number of hydrogen-bond acceptors (Lipinski definition) is 2. The molecule has 102 valence electrons. The summed E-state index contributed by atoms with van der Waals surface area (Å²) < 4.78 is 0. The van der Waals surface area contributed by atoms with Crippen molar-refractivity contribution in [2.24, 2.45) is 11.1 Å². The number of benzene rings is 1. The average molecular weight is 248 g/mol. The molecular formula is C16H28N2. The fraction of sp³-hybridized carbons (Fsp3) is 0.625. The fourth-order valence-electron chi connectivity index (χ4n) is 3.09. The van der Waals surface area contributed by atoms with Crippen LogP contribution in [0.1, 0.15) is 48.6 Å². The van der Waals surface area contributed by atoms with Crippen molar-refractivity contribution in [2.75, 3.05) is 13.6 Å². The van der Waals surface area contributed by atoms with Gasteiger partial charge in [0.25, 0.3) is 0 Å². The van der Waals surface area contributed by atoms with Gasteiger partial charge in [-0.05, 0) is 62.9 Å². The summed E-state index contributed by atoms with van der Waals surface area (Å²) in [5, 5.41) is 3.49. The number of nitrogens with one attached hydrogen (secondary N) is 1. The second-order valence-electron chi connectivity index (χ2n) is 6.06. The van der Waals surface area contributed by atoms with Gasteiger partial charge < -0.3 is 11.1 Å². The Labute approximate surface area is 112 Å². The average Bonchev–Trinajstić information content (AvgIpc) is 2.22. The molecule has 0 aliphatic rings. The topological polar surface area (TPSA) is 38.0 Å². The lowest BCUT2D eigenvalue weighted by Crippen LogP contribution is -2.34. The maximum atomic E-state index is 5.76. The van der Waals surface area contributed by atoms with Gasteiger partial charge in [-0.1, -0.05) is 31.5 Å². The minimum absolute atomic E-state index is 0.161. The van der Waals surface area contributed by atoms with Gasteiger partial charge in [0.15, 0.2) is 0 Å². The molecule has 0 amide bonds. The molecule has 2 nitrogen and oxygen atoms in total. The van der Waals surface area contributed by atoms with Gasteiger partial charge in [-0.2, -0.15) is 0 Å². The van der Waals surface area contributed by atoms with E-state index in [0.29, 0.717) is 6.04 Å². The molecule has 0 saturated carbocycles. The van der Waals surface area contributed by atoms with Crippen molar-refractivity contribution in [3.05, 3.63) is 34.4 Å². The lowest BCUT2D eigenvalue weighted by Gasteiger charge is -2.36. The summed E-state index contributed by atoms with van der Waals surface area (Å²) in [5.74, 6) is 0. The molecule has 1 aromatic carbocycles. The van der Waals surface area contributed by atoms with Crippen LogP contribution in [0.2, 0.25) is 0 Å². The van der Waals surface area contributed by atoms with Gasteiger partial charge in [-0.3, -0.25) is 0 Å². The van der Waals surface area contributed by atoms with Gasteiger partial charge >= 0.3 is 0 Å². The third-order valence-corrected chi connectivity index (χ3v) is 3.89. The number of nitrogens with two attached hydrogens (primary N) is 1. The molecule has 1 unspecified atom stereocenters. The van der Waals surface area contributed by atoms with Crippen LogP contribution in [-0.2, 0) is 0 Å². The molecule has 3 N–H and O–H groups in total. The minimum Gasteiger partial charge on any atom is -0.330 e. The molecule has 0 aliphatic heterocycles. The van der Waals surface area contributed by atoms with Crippen LogP contribution >= 0.6 is 0 Å². The maximum Gasteiger partial charge on any atom is 0.0375 e. The van der Waals surface area contributed by atoms with Crippen molar-refractivity contribution in [1.82, 2.24) is 5.32 Å². The summed E-state index contributed by atoms with van der Waals surface area (Å²) in [5.41, 5.74) is 11.4. The molecule has 18 heavy (non-hydrogen) atoms. The smallest absolute Gasteiger partial charge is 0.0375 e. The lowest BCUT2D eigenvalue weighted by atomic mass is 9.75. The molecule has 0 radical (unpaired) electrons. The van der Waals surface area contributed by atoms with Gasteiger partial charge in [0.05, 0.1) is 0 Å². The normalized spacial score (nSPS) is 13.7. The molecule has 0 heterocycles. The van der Waals surface area contributed by atoms with Crippen LogP contribution in [0.5, 0.6) is 0 Å². The van der Waals surface area contributed by atoms with Crippen LogP contribution in [0.4, 0.5) is 0 Å². The molecule has 1 aromatic rings. The highest BCUT2D eigenvalue weighted by Gasteiger charge is 2.30. The van der Waals surface area contributed by atoms with Crippen molar-refractivity contribution in [3.63, 3.8) is 0 Å². The number of rotatable bonds is 5. The fourth-order valence-corrected chi connectivity index (χ4v) is 3.09. The summed E-state index contributed by atoms with van der Waals surface area (Å²) in [6, 6.07) is 4.89. The Hall–Kier alpha value is -0.860. The molecular weight excluding hydrogens is 220 g/mol. The highest BCUT2D eigenvalue weighted by atomic mass is 14.9. The Balaban J connectivity index is 3.25. The molecule has 0 aliphatic carbocycles. The second-order valence-corrected chi connectivity index (χ2v) is 6.06. The van der Waals surface area contributed by atoms with Gasteiger partial charge in [0, 0.05) is 6.04 Å². The summed E-state index contributed by atoms with van der Waals surface area (Å²) in [6.07, 6.45) is 1.02. The van der Waals surface area contributed by atoms with Crippen LogP contribution in [0.25, 0.3) is 0 Å². The quantitative estimate of drug-likeness (QED) is 0.839. The monoisotopic (exact) mass is 248 g/mol. The van der Waals surface area contributed by atoms with Gasteiger partial charge in [-0.15, -0.1) is 0 Å². The summed E-state index contributed by atoms with van der Waals surface area (Å²) >= 11 is 0. The zero-order chi connectivity index (χ0) is 13.9. The first-order valence-electron chi connectivity index (χ1n) is 6.78. The van der Waals surface area contributed by atoms with Crippen molar-refractivity contribution < 1.29 is 0 Å². The third kappa shape index (κ3) is 3.12. The van der Waals surface area contributed by atoms with E-state index in [1.807, 2.05) is 7.05 Å². The Morgan fingerprint density at radius 1 is 1.17 bits per heavy atom. The number of hydrogen-bond donors (Lipinski definition) is 2. The molecule has 0 spiro atoms. The van der Waals surface area contributed by atoms with Crippen LogP contribution in [0.3, 0.4) is 0 Å². The van der Waals surface area contributed by atoms with E-state index in [1.165, 1.54) is 22.3 Å². The molecule has 1 atom stereocenters. The molecule has 0 aromatic heterocycles. The predicted molar refractivity (Wildman–Crippen MR) is 79.9 cm³/mol. The third-order valence-electron chi connectivity index (χ3n) is 3.89. The first kappa shape index (κ1) is 15.2. The molecule has 0 saturated heterocycles. The Morgan fingerprint density at radius 2 is 1.67 bits per heavy atom. The van der Waals surface area contributed by atoms with E-state index in [1.54, 1.807) is 0 Å². The van der Waals surface area contributed by atoms with E-state index in [0.717, 1.165) is 13.0 Å². The Kier molecular flexibility index (Phi) is 4.94. The van der Waals surface area contributed by atoms with Crippen LogP contribution in [0, 0.1) is 26.2 Å². The van der Waals surface area contributed by atoms with Gasteiger partial charge in [0.2, 0.25) is 0 Å². The molecule has 0 bridgehead atoms. The van der Waals surface area contributed by atoms with Crippen LogP contribution < -0.4 is 11.1 Å². The van der Waals surface area contributed by atoms with E-state index < -0.39 is 0 Å². The SMILES string of the molecule is CNC(c1c(C)cc(C)cc1C)C(C)(C)CCN. The molecule has 1 rings (SSSR count). The summed E-state index contributed by atoms with van der Waals surface area (Å²) in [7, 11) is 2.04. The predicted octanol–water partition coefficient (Wildman–Crippen LogP) is 3.25. The van der Waals surface area contributed by atoms with Crippen molar-refractivity contribution in [2.45, 2.75) is 47.1 Å². The highest BCUT2D eigenvalue weighted by molar-refractivity contribution is 5.40. The van der Waals surface area contributed by atoms with Crippen LogP contribution in [0.15, 0.2) is 12.1 Å². The van der Waals surface area contributed by atoms with Crippen molar-refractivity contribution in [1.29, 1.82) is 0 Å². The van der Waals surface area contributed by atoms with E-state index in [4.69, 9.17) is 5.73 Å². The highest BCUT2D eigenvalue weighted by Crippen LogP contribution is 2.38. The van der Waals surface area contributed by atoms with E-state index in [-0.39, 0.29) is 5.41 Å². The number of aryl methyl sites for hydroxylation is 3. The van der Waals surface area contributed by atoms with E-state index in [2.05, 4.69) is 52.1 Å². The first-order valence-corrected chi connectivity index (χ1v) is 6.78. The summed E-state index contributed by atoms with van der Waals surface area (Å²) in [4.78, 5) is 0. The zero-order valence-corrected chi connectivity index (χ0v) is 12.7. The second kappa shape index (κ2) is 5.85. The Morgan fingerprint density at radius 3 is 2.06 bits per heavy atom. The minimum atomic E-state index is 0.161. The standard InChI is InChI=1S/C16H28N2/c1-11-9-12(2)14(13(3)10-11)15(18-6)16(4,5)7-8-17/h9-10,15,18H,7-8,17H2,1-6H3. The van der Waals surface area contributed by atoms with Crippen LogP contribution in [-0.4, -0.2) is 13.6 Å². The largest absolute Gasteiger partial charge is 0.330 e. The van der Waals surface area contributed by atoms with E-state index >= 15 is 0 Å². The molecule has 0 fully saturated rings. The van der Waals surface area contributed by atoms with Crippen molar-refractivity contribution in [3.8, 4) is 0 Å². The first-order chi connectivity index (χ1) is 8.33. The van der Waals surface area contributed by atoms with E-state index in [9.17, 15) is 0 Å². The summed E-state index contributed by atoms with van der Waals surface area (Å²) in [6.45, 7) is 11.9. The van der Waals surface area contributed by atoms with Gasteiger partial charge in [0.1, 0.15) is 0 Å².